The van der Waals surface area contributed by atoms with E-state index >= 15 is 0 Å². The summed E-state index contributed by atoms with van der Waals surface area (Å²) in [4.78, 5) is 11.8. The first-order valence-corrected chi connectivity index (χ1v) is 7.09. The molecule has 0 radical (unpaired) electrons. The topological polar surface area (TPSA) is 26.3 Å². The molecule has 2 rings (SSSR count). The fraction of sp³-hybridized carbons (Fsp3) is 0.278. The summed E-state index contributed by atoms with van der Waals surface area (Å²) in [5, 5.41) is 0. The highest BCUT2D eigenvalue weighted by Gasteiger charge is 2.06. The number of hydrogen-bond acceptors (Lipinski definition) is 2. The summed E-state index contributed by atoms with van der Waals surface area (Å²) in [6.45, 7) is 2.58. The molecule has 0 atom stereocenters. The molecule has 2 aromatic carbocycles. The molecule has 2 nitrogen and oxygen atoms in total. The lowest BCUT2D eigenvalue weighted by Gasteiger charge is -2.05. The number of esters is 1. The van der Waals surface area contributed by atoms with E-state index in [2.05, 4.69) is 19.1 Å². The molecule has 0 saturated carbocycles. The van der Waals surface area contributed by atoms with Crippen molar-refractivity contribution in [2.45, 2.75) is 26.2 Å². The molecule has 0 aliphatic rings. The zero-order valence-corrected chi connectivity index (χ0v) is 11.8. The molecule has 0 aliphatic carbocycles. The first kappa shape index (κ1) is 14.3. The van der Waals surface area contributed by atoms with Gasteiger partial charge in [-0.15, -0.1) is 0 Å². The third-order valence-electron chi connectivity index (χ3n) is 3.17. The van der Waals surface area contributed by atoms with Crippen LogP contribution < -0.4 is 0 Å². The van der Waals surface area contributed by atoms with Gasteiger partial charge in [0.2, 0.25) is 0 Å². The van der Waals surface area contributed by atoms with E-state index in [4.69, 9.17) is 4.74 Å². The first-order chi connectivity index (χ1) is 9.79. The van der Waals surface area contributed by atoms with Crippen LogP contribution >= 0.6 is 0 Å². The van der Waals surface area contributed by atoms with Crippen LogP contribution in [0.4, 0.5) is 0 Å². The third kappa shape index (κ3) is 4.23. The largest absolute Gasteiger partial charge is 0.462 e. The van der Waals surface area contributed by atoms with Crippen LogP contribution in [-0.4, -0.2) is 12.6 Å². The van der Waals surface area contributed by atoms with Crippen molar-refractivity contribution in [3.8, 4) is 0 Å². The Labute approximate surface area is 120 Å². The van der Waals surface area contributed by atoms with Crippen molar-refractivity contribution in [2.75, 3.05) is 6.61 Å². The average Bonchev–Trinajstić information content (AvgIpc) is 2.49. The minimum Gasteiger partial charge on any atom is -0.462 e. The lowest BCUT2D eigenvalue weighted by molar-refractivity contribution is 0.0500. The van der Waals surface area contributed by atoms with Crippen molar-refractivity contribution in [1.82, 2.24) is 0 Å². The predicted octanol–water partition coefficient (Wildman–Crippen LogP) is 4.23. The average molecular weight is 268 g/mol. The number of rotatable bonds is 6. The fourth-order valence-corrected chi connectivity index (χ4v) is 1.98. The van der Waals surface area contributed by atoms with E-state index in [1.54, 1.807) is 0 Å². The van der Waals surface area contributed by atoms with Gasteiger partial charge in [-0.2, -0.15) is 0 Å². The zero-order valence-electron chi connectivity index (χ0n) is 11.8. The van der Waals surface area contributed by atoms with E-state index in [1.807, 2.05) is 42.5 Å². The second-order valence-electron chi connectivity index (χ2n) is 4.85. The van der Waals surface area contributed by atoms with Gasteiger partial charge in [0, 0.05) is 0 Å². The van der Waals surface area contributed by atoms with Gasteiger partial charge in [-0.25, -0.2) is 4.79 Å². The van der Waals surface area contributed by atoms with E-state index in [9.17, 15) is 4.79 Å². The predicted molar refractivity (Wildman–Crippen MR) is 80.9 cm³/mol. The second-order valence-corrected chi connectivity index (χ2v) is 4.85. The van der Waals surface area contributed by atoms with Gasteiger partial charge in [0.15, 0.2) is 0 Å². The molecule has 0 amide bonds. The molecule has 0 aliphatic heterocycles. The third-order valence-corrected chi connectivity index (χ3v) is 3.17. The highest BCUT2D eigenvalue weighted by atomic mass is 16.5. The summed E-state index contributed by atoms with van der Waals surface area (Å²) in [6.07, 6.45) is 2.83. The number of unbranched alkanes of at least 4 members (excludes halogenated alkanes) is 1. The number of carbonyl (C=O) groups is 1. The minimum absolute atomic E-state index is 0.232. The molecule has 0 unspecified atom stereocenters. The lowest BCUT2D eigenvalue weighted by atomic mass is 10.0. The van der Waals surface area contributed by atoms with Crippen LogP contribution in [0.25, 0.3) is 0 Å². The number of carbonyl (C=O) groups excluding carboxylic acids is 1. The summed E-state index contributed by atoms with van der Waals surface area (Å²) in [6, 6.07) is 18.0. The van der Waals surface area contributed by atoms with E-state index in [1.165, 1.54) is 11.1 Å². The van der Waals surface area contributed by atoms with Gasteiger partial charge < -0.3 is 4.74 Å². The van der Waals surface area contributed by atoms with Crippen LogP contribution in [0, 0.1) is 0 Å². The molecule has 0 spiro atoms. The minimum atomic E-state index is -0.232. The van der Waals surface area contributed by atoms with Crippen LogP contribution in [0.15, 0.2) is 54.6 Å². The smallest absolute Gasteiger partial charge is 0.338 e. The highest BCUT2D eigenvalue weighted by Crippen LogP contribution is 2.11. The molecule has 104 valence electrons. The maximum Gasteiger partial charge on any atom is 0.338 e. The Morgan fingerprint density at radius 1 is 0.950 bits per heavy atom. The van der Waals surface area contributed by atoms with E-state index in [0.717, 1.165) is 19.3 Å². The van der Waals surface area contributed by atoms with Gasteiger partial charge >= 0.3 is 5.97 Å². The standard InChI is InChI=1S/C18H20O2/c1-2-3-13-20-18(19)17-11-9-16(10-12-17)14-15-7-5-4-6-8-15/h4-12H,2-3,13-14H2,1H3. The summed E-state index contributed by atoms with van der Waals surface area (Å²) >= 11 is 0. The Morgan fingerprint density at radius 2 is 1.60 bits per heavy atom. The normalized spacial score (nSPS) is 10.2. The quantitative estimate of drug-likeness (QED) is 0.578. The van der Waals surface area contributed by atoms with Crippen LogP contribution in [-0.2, 0) is 11.2 Å². The lowest BCUT2D eigenvalue weighted by Crippen LogP contribution is -2.06. The summed E-state index contributed by atoms with van der Waals surface area (Å²) in [5.41, 5.74) is 3.09. The van der Waals surface area contributed by atoms with E-state index < -0.39 is 0 Å². The van der Waals surface area contributed by atoms with Crippen molar-refractivity contribution in [1.29, 1.82) is 0 Å². The maximum absolute atomic E-state index is 11.8. The van der Waals surface area contributed by atoms with Crippen molar-refractivity contribution in [2.24, 2.45) is 0 Å². The SMILES string of the molecule is CCCCOC(=O)c1ccc(Cc2ccccc2)cc1. The zero-order chi connectivity index (χ0) is 14.2. The number of ether oxygens (including phenoxy) is 1. The molecular formula is C18H20O2. The molecule has 0 N–H and O–H groups in total. The van der Waals surface area contributed by atoms with Crippen LogP contribution in [0.3, 0.4) is 0 Å². The molecule has 20 heavy (non-hydrogen) atoms. The van der Waals surface area contributed by atoms with Crippen molar-refractivity contribution in [3.05, 3.63) is 71.3 Å². The van der Waals surface area contributed by atoms with E-state index in [0.29, 0.717) is 12.2 Å². The molecule has 2 heteroatoms. The first-order valence-electron chi connectivity index (χ1n) is 7.09. The van der Waals surface area contributed by atoms with Gasteiger partial charge in [0.25, 0.3) is 0 Å². The van der Waals surface area contributed by atoms with Gasteiger partial charge in [0.05, 0.1) is 12.2 Å². The Bertz CT molecular complexity index is 529. The Hall–Kier alpha value is -2.09. The fourth-order valence-electron chi connectivity index (χ4n) is 1.98. The Morgan fingerprint density at radius 3 is 2.25 bits per heavy atom. The summed E-state index contributed by atoms with van der Waals surface area (Å²) in [7, 11) is 0. The number of hydrogen-bond donors (Lipinski definition) is 0. The van der Waals surface area contributed by atoms with Crippen molar-refractivity contribution >= 4 is 5.97 Å². The van der Waals surface area contributed by atoms with Gasteiger partial charge in [-0.05, 0) is 36.1 Å². The monoisotopic (exact) mass is 268 g/mol. The van der Waals surface area contributed by atoms with E-state index in [-0.39, 0.29) is 5.97 Å². The molecular weight excluding hydrogens is 248 g/mol. The summed E-state index contributed by atoms with van der Waals surface area (Å²) in [5.74, 6) is -0.232. The van der Waals surface area contributed by atoms with Crippen LogP contribution in [0.1, 0.15) is 41.3 Å². The van der Waals surface area contributed by atoms with Crippen molar-refractivity contribution < 1.29 is 9.53 Å². The van der Waals surface area contributed by atoms with Crippen LogP contribution in [0.5, 0.6) is 0 Å². The molecule has 0 fully saturated rings. The van der Waals surface area contributed by atoms with Gasteiger partial charge in [-0.3, -0.25) is 0 Å². The summed E-state index contributed by atoms with van der Waals surface area (Å²) < 4.78 is 5.19. The molecule has 0 bridgehead atoms. The molecule has 0 saturated heterocycles. The second kappa shape index (κ2) is 7.49. The maximum atomic E-state index is 11.8. The van der Waals surface area contributed by atoms with Crippen molar-refractivity contribution in [3.63, 3.8) is 0 Å². The van der Waals surface area contributed by atoms with Gasteiger partial charge in [0.1, 0.15) is 0 Å². The highest BCUT2D eigenvalue weighted by molar-refractivity contribution is 5.89. The molecule has 0 heterocycles. The van der Waals surface area contributed by atoms with Crippen LogP contribution in [0.2, 0.25) is 0 Å². The Kier molecular flexibility index (Phi) is 5.36. The molecule has 2 aromatic rings. The molecule has 0 aromatic heterocycles. The van der Waals surface area contributed by atoms with Gasteiger partial charge in [-0.1, -0.05) is 55.8 Å². The number of benzene rings is 2. The Balaban J connectivity index is 1.94.